The molecule has 1 aliphatic carbocycles. The van der Waals surface area contributed by atoms with Crippen molar-refractivity contribution in [1.82, 2.24) is 30.0 Å². The summed E-state index contributed by atoms with van der Waals surface area (Å²) in [6.45, 7) is 1.16. The number of hydrogen-bond donors (Lipinski definition) is 2. The van der Waals surface area contributed by atoms with E-state index >= 15 is 0 Å². The number of allylic oxidation sites excluding steroid dienone is 3. The number of hydrogen-bond acceptors (Lipinski definition) is 5. The number of amides is 2. The van der Waals surface area contributed by atoms with E-state index in [9.17, 15) is 31.9 Å². The van der Waals surface area contributed by atoms with Gasteiger partial charge in [0.15, 0.2) is 5.69 Å². The fraction of sp³-hybridized carbons (Fsp3) is 0.346. The van der Waals surface area contributed by atoms with E-state index in [-0.39, 0.29) is 37.3 Å². The molecule has 2 amide bonds. The van der Waals surface area contributed by atoms with Crippen LogP contribution in [0.2, 0.25) is 0 Å². The Morgan fingerprint density at radius 3 is 2.72 bits per heavy atom. The average Bonchev–Trinajstić information content (AvgIpc) is 3.30. The van der Waals surface area contributed by atoms with Crippen LogP contribution in [0.3, 0.4) is 0 Å². The van der Waals surface area contributed by atoms with Gasteiger partial charge in [-0.05, 0) is 30.2 Å². The number of aryl methyl sites for hydroxylation is 1. The summed E-state index contributed by atoms with van der Waals surface area (Å²) in [5.74, 6) is -3.88. The molecule has 9 nitrogen and oxygen atoms in total. The molecule has 39 heavy (non-hydrogen) atoms. The van der Waals surface area contributed by atoms with Crippen LogP contribution in [-0.4, -0.2) is 56.2 Å². The van der Waals surface area contributed by atoms with E-state index in [2.05, 4.69) is 20.5 Å². The zero-order valence-electron chi connectivity index (χ0n) is 21.0. The summed E-state index contributed by atoms with van der Waals surface area (Å²) in [5, 5.41) is 10.1. The van der Waals surface area contributed by atoms with Crippen molar-refractivity contribution >= 4 is 22.6 Å². The molecule has 2 aliphatic rings. The van der Waals surface area contributed by atoms with E-state index in [1.54, 1.807) is 18.2 Å². The first kappa shape index (κ1) is 26.3. The molecule has 2 unspecified atom stereocenters. The van der Waals surface area contributed by atoms with Gasteiger partial charge in [-0.2, -0.15) is 18.3 Å². The van der Waals surface area contributed by atoms with E-state index in [1.807, 2.05) is 13.0 Å². The highest BCUT2D eigenvalue weighted by Gasteiger charge is 2.42. The molecule has 2 N–H and O–H groups in total. The van der Waals surface area contributed by atoms with Crippen molar-refractivity contribution < 1.29 is 27.2 Å². The number of aromatic amines is 1. The quantitative estimate of drug-likeness (QED) is 0.491. The third kappa shape index (κ3) is 4.72. The first-order valence-electron chi connectivity index (χ1n) is 12.2. The van der Waals surface area contributed by atoms with Gasteiger partial charge in [0.05, 0.1) is 29.2 Å². The zero-order chi connectivity index (χ0) is 28.1. The van der Waals surface area contributed by atoms with Gasteiger partial charge < -0.3 is 14.8 Å². The van der Waals surface area contributed by atoms with Gasteiger partial charge in [0, 0.05) is 31.9 Å². The number of benzene rings is 1. The maximum Gasteiger partial charge on any atom is 0.449 e. The monoisotopic (exact) mass is 544 g/mol. The van der Waals surface area contributed by atoms with Gasteiger partial charge in [0.2, 0.25) is 11.7 Å². The molecule has 3 heterocycles. The maximum absolute atomic E-state index is 15.0. The highest BCUT2D eigenvalue weighted by Crippen LogP contribution is 2.33. The van der Waals surface area contributed by atoms with E-state index in [4.69, 9.17) is 0 Å². The Balaban J connectivity index is 1.43. The minimum Gasteiger partial charge on any atom is -0.354 e. The molecular formula is C26H24F4N6O3. The Kier molecular flexibility index (Phi) is 6.60. The maximum atomic E-state index is 15.0. The molecule has 5 rings (SSSR count). The van der Waals surface area contributed by atoms with Crippen LogP contribution in [0.15, 0.2) is 46.8 Å². The number of H-pyrrole nitrogens is 1. The molecule has 2 aromatic heterocycles. The largest absolute Gasteiger partial charge is 0.449 e. The molecule has 13 heteroatoms. The number of nitrogens with zero attached hydrogens (tertiary/aromatic N) is 4. The highest BCUT2D eigenvalue weighted by molar-refractivity contribution is 5.93. The molecule has 0 spiro atoms. The SMILES string of the molecule is CNC(=O)c1nc(C(F)(F)F)n2c1CN(C(=O)C1C=C(Cc3n[nH]c(=O)c4cccc(C)c34)C=CC1F)CC2. The molecule has 3 aromatic rings. The second kappa shape index (κ2) is 9.79. The summed E-state index contributed by atoms with van der Waals surface area (Å²) in [7, 11) is 1.27. The number of alkyl halides is 4. The number of nitrogens with one attached hydrogen (secondary N) is 2. The second-order valence-corrected chi connectivity index (χ2v) is 9.46. The lowest BCUT2D eigenvalue weighted by molar-refractivity contribution is -0.148. The standard InChI is InChI=1S/C26H24F4N6O3/c1-13-4-3-5-15-20(13)18(33-34-22(15)37)11-14-6-7-17(27)16(10-14)24(39)35-8-9-36-19(12-35)21(23(38)31-2)32-25(36)26(28,29)30/h3-7,10,16-17H,8-9,11-12H2,1-2H3,(H,31,38)(H,34,37). The van der Waals surface area contributed by atoms with E-state index in [0.717, 1.165) is 10.1 Å². The number of rotatable bonds is 4. The lowest BCUT2D eigenvalue weighted by atomic mass is 9.90. The Labute approximate surface area is 219 Å². The van der Waals surface area contributed by atoms with Gasteiger partial charge in [-0.1, -0.05) is 24.3 Å². The van der Waals surface area contributed by atoms with Crippen LogP contribution < -0.4 is 10.9 Å². The third-order valence-electron chi connectivity index (χ3n) is 7.00. The molecule has 1 aliphatic heterocycles. The van der Waals surface area contributed by atoms with Crippen molar-refractivity contribution in [2.45, 2.75) is 38.8 Å². The number of halogens is 4. The summed E-state index contributed by atoms with van der Waals surface area (Å²) in [6, 6.07) is 5.29. The lowest BCUT2D eigenvalue weighted by Crippen LogP contribution is -2.44. The average molecular weight is 545 g/mol. The van der Waals surface area contributed by atoms with Gasteiger partial charge in [-0.15, -0.1) is 0 Å². The molecule has 204 valence electrons. The molecule has 2 atom stereocenters. The molecular weight excluding hydrogens is 520 g/mol. The summed E-state index contributed by atoms with van der Waals surface area (Å²) < 4.78 is 56.5. The van der Waals surface area contributed by atoms with E-state index in [0.29, 0.717) is 22.0 Å². The highest BCUT2D eigenvalue weighted by atomic mass is 19.4. The normalized spacial score (nSPS) is 19.1. The van der Waals surface area contributed by atoms with Crippen molar-refractivity contribution in [3.8, 4) is 0 Å². The lowest BCUT2D eigenvalue weighted by Gasteiger charge is -2.33. The molecule has 1 aromatic carbocycles. The molecule has 0 fully saturated rings. The summed E-state index contributed by atoms with van der Waals surface area (Å²) >= 11 is 0. The fourth-order valence-electron chi connectivity index (χ4n) is 5.12. The van der Waals surface area contributed by atoms with Crippen LogP contribution >= 0.6 is 0 Å². The van der Waals surface area contributed by atoms with Gasteiger partial charge in [0.1, 0.15) is 6.17 Å². The Bertz CT molecular complexity index is 1600. The van der Waals surface area contributed by atoms with Crippen molar-refractivity contribution in [2.75, 3.05) is 13.6 Å². The second-order valence-electron chi connectivity index (χ2n) is 9.46. The molecule has 0 radical (unpaired) electrons. The van der Waals surface area contributed by atoms with Crippen LogP contribution in [0, 0.1) is 12.8 Å². The van der Waals surface area contributed by atoms with E-state index < -0.39 is 41.6 Å². The molecule has 0 bridgehead atoms. The van der Waals surface area contributed by atoms with Gasteiger partial charge in [-0.25, -0.2) is 14.5 Å². The molecule has 0 saturated heterocycles. The number of aromatic nitrogens is 4. The number of carbonyl (C=O) groups is 2. The predicted octanol–water partition coefficient (Wildman–Crippen LogP) is 2.84. The Hall–Kier alpha value is -4.29. The first-order valence-corrected chi connectivity index (χ1v) is 12.2. The number of imidazole rings is 1. The molecule has 0 saturated carbocycles. The number of fused-ring (bicyclic) bond motifs is 2. The van der Waals surface area contributed by atoms with Crippen LogP contribution in [0.5, 0.6) is 0 Å². The number of carbonyl (C=O) groups excluding carboxylic acids is 2. The van der Waals surface area contributed by atoms with Crippen LogP contribution in [0.25, 0.3) is 10.8 Å². The fourth-order valence-corrected chi connectivity index (χ4v) is 5.12. The van der Waals surface area contributed by atoms with Gasteiger partial charge in [0.25, 0.3) is 11.5 Å². The van der Waals surface area contributed by atoms with Crippen molar-refractivity contribution in [1.29, 1.82) is 0 Å². The van der Waals surface area contributed by atoms with Crippen molar-refractivity contribution in [3.63, 3.8) is 0 Å². The summed E-state index contributed by atoms with van der Waals surface area (Å²) in [4.78, 5) is 42.7. The van der Waals surface area contributed by atoms with Crippen LogP contribution in [0.4, 0.5) is 17.6 Å². The Morgan fingerprint density at radius 2 is 2.00 bits per heavy atom. The minimum absolute atomic E-state index is 0.0633. The van der Waals surface area contributed by atoms with Crippen molar-refractivity contribution in [2.24, 2.45) is 5.92 Å². The van der Waals surface area contributed by atoms with Gasteiger partial charge in [-0.3, -0.25) is 14.4 Å². The zero-order valence-corrected chi connectivity index (χ0v) is 21.0. The smallest absolute Gasteiger partial charge is 0.354 e. The third-order valence-corrected chi connectivity index (χ3v) is 7.00. The summed E-state index contributed by atoms with van der Waals surface area (Å²) in [5.41, 5.74) is 1.17. The predicted molar refractivity (Wildman–Crippen MR) is 132 cm³/mol. The van der Waals surface area contributed by atoms with Gasteiger partial charge >= 0.3 is 6.18 Å². The topological polar surface area (TPSA) is 113 Å². The van der Waals surface area contributed by atoms with E-state index in [1.165, 1.54) is 24.1 Å². The minimum atomic E-state index is -4.79. The Morgan fingerprint density at radius 1 is 1.23 bits per heavy atom. The van der Waals surface area contributed by atoms with Crippen molar-refractivity contribution in [3.05, 3.63) is 80.8 Å². The van der Waals surface area contributed by atoms with Crippen LogP contribution in [0.1, 0.15) is 33.3 Å². The van der Waals surface area contributed by atoms with Crippen LogP contribution in [-0.2, 0) is 30.5 Å². The first-order chi connectivity index (χ1) is 18.5. The summed E-state index contributed by atoms with van der Waals surface area (Å²) in [6.07, 6.45) is -1.94.